The molecule has 1 unspecified atom stereocenters. The molecule has 1 aromatic rings. The van der Waals surface area contributed by atoms with Gasteiger partial charge in [0.05, 0.1) is 12.3 Å². The molecule has 2 N–H and O–H groups in total. The van der Waals surface area contributed by atoms with Crippen molar-refractivity contribution < 1.29 is 4.74 Å². The molecule has 0 saturated heterocycles. The highest BCUT2D eigenvalue weighted by atomic mass is 32.2. The molecule has 0 amide bonds. The fraction of sp³-hybridized carbons (Fsp3) is 0.571. The maximum absolute atomic E-state index is 5.91. The minimum atomic E-state index is 0.0148. The lowest BCUT2D eigenvalue weighted by Gasteiger charge is -2.38. The highest BCUT2D eigenvalue weighted by Crippen LogP contribution is 2.53. The number of benzene rings is 1. The van der Waals surface area contributed by atoms with Crippen molar-refractivity contribution in [1.29, 1.82) is 0 Å². The minimum absolute atomic E-state index is 0.0148. The molecule has 19 heavy (non-hydrogen) atoms. The number of hydrogen-bond acceptors (Lipinski definition) is 5. The van der Waals surface area contributed by atoms with Crippen LogP contribution in [0.25, 0.3) is 0 Å². The number of anilines is 1. The SMILES string of the molecule is CCCOc1cccc2c1N(C(C)(C)C)C(SN)S2. The van der Waals surface area contributed by atoms with E-state index in [4.69, 9.17) is 9.88 Å². The third kappa shape index (κ3) is 2.98. The maximum Gasteiger partial charge on any atom is 0.143 e. The number of nitrogens with zero attached hydrogens (tertiary/aromatic N) is 1. The Balaban J connectivity index is 2.42. The van der Waals surface area contributed by atoms with Gasteiger partial charge in [0.2, 0.25) is 0 Å². The van der Waals surface area contributed by atoms with E-state index in [-0.39, 0.29) is 10.2 Å². The van der Waals surface area contributed by atoms with E-state index in [1.54, 1.807) is 11.8 Å². The largest absolute Gasteiger partial charge is 0.491 e. The number of rotatable bonds is 4. The summed E-state index contributed by atoms with van der Waals surface area (Å²) in [5.41, 5.74) is 1.21. The van der Waals surface area contributed by atoms with Gasteiger partial charge >= 0.3 is 0 Å². The van der Waals surface area contributed by atoms with Crippen LogP contribution in [0.2, 0.25) is 0 Å². The molecular formula is C14H22N2OS2. The van der Waals surface area contributed by atoms with Gasteiger partial charge in [-0.05, 0) is 51.3 Å². The predicted octanol–water partition coefficient (Wildman–Crippen LogP) is 4.08. The lowest BCUT2D eigenvalue weighted by molar-refractivity contribution is 0.315. The molecule has 0 spiro atoms. The topological polar surface area (TPSA) is 38.5 Å². The molecule has 0 aromatic heterocycles. The Labute approximate surface area is 124 Å². The third-order valence-corrected chi connectivity index (χ3v) is 5.00. The van der Waals surface area contributed by atoms with Crippen molar-refractivity contribution in [1.82, 2.24) is 0 Å². The summed E-state index contributed by atoms with van der Waals surface area (Å²) in [5.74, 6) is 0.971. The molecule has 2 rings (SSSR count). The Kier molecular flexibility index (Phi) is 4.58. The van der Waals surface area contributed by atoms with Gasteiger partial charge in [0.25, 0.3) is 0 Å². The minimum Gasteiger partial charge on any atom is -0.491 e. The van der Waals surface area contributed by atoms with Crippen molar-refractivity contribution >= 4 is 29.4 Å². The molecule has 0 saturated carbocycles. The van der Waals surface area contributed by atoms with Crippen LogP contribution in [0.3, 0.4) is 0 Å². The second-order valence-electron chi connectivity index (χ2n) is 5.55. The quantitative estimate of drug-likeness (QED) is 0.848. The molecule has 1 aromatic carbocycles. The first kappa shape index (κ1) is 14.9. The first-order valence-electron chi connectivity index (χ1n) is 6.56. The van der Waals surface area contributed by atoms with Gasteiger partial charge in [0.15, 0.2) is 0 Å². The van der Waals surface area contributed by atoms with E-state index in [2.05, 4.69) is 50.8 Å². The van der Waals surface area contributed by atoms with Crippen LogP contribution in [0, 0.1) is 0 Å². The van der Waals surface area contributed by atoms with Crippen molar-refractivity contribution in [3.05, 3.63) is 18.2 Å². The Hall–Kier alpha value is -0.520. The highest BCUT2D eigenvalue weighted by molar-refractivity contribution is 8.16. The number of ether oxygens (including phenoxy) is 1. The zero-order chi connectivity index (χ0) is 14.0. The molecule has 1 heterocycles. The first-order chi connectivity index (χ1) is 8.99. The van der Waals surface area contributed by atoms with E-state index >= 15 is 0 Å². The number of nitrogens with two attached hydrogens (primary N) is 1. The van der Waals surface area contributed by atoms with E-state index in [9.17, 15) is 0 Å². The number of fused-ring (bicyclic) bond motifs is 1. The smallest absolute Gasteiger partial charge is 0.143 e. The molecule has 0 bridgehead atoms. The number of hydrogen-bond donors (Lipinski definition) is 1. The zero-order valence-electron chi connectivity index (χ0n) is 12.0. The van der Waals surface area contributed by atoms with Gasteiger partial charge in [-0.25, -0.2) is 0 Å². The highest BCUT2D eigenvalue weighted by Gasteiger charge is 2.39. The summed E-state index contributed by atoms with van der Waals surface area (Å²) in [5, 5.41) is 5.86. The summed E-state index contributed by atoms with van der Waals surface area (Å²) < 4.78 is 6.12. The van der Waals surface area contributed by atoms with E-state index < -0.39 is 0 Å². The van der Waals surface area contributed by atoms with Crippen LogP contribution in [0.15, 0.2) is 23.1 Å². The monoisotopic (exact) mass is 298 g/mol. The standard InChI is InChI=1S/C14H22N2OS2/c1-5-9-17-10-7-6-8-11-12(10)16(14(2,3)4)13(18-11)19-15/h6-8,13H,5,9,15H2,1-4H3. The average Bonchev–Trinajstić information content (AvgIpc) is 2.75. The predicted molar refractivity (Wildman–Crippen MR) is 85.9 cm³/mol. The van der Waals surface area contributed by atoms with Crippen molar-refractivity contribution in [2.24, 2.45) is 5.14 Å². The normalized spacial score (nSPS) is 18.6. The van der Waals surface area contributed by atoms with Crippen LogP contribution in [-0.2, 0) is 0 Å². The molecule has 5 heteroatoms. The lowest BCUT2D eigenvalue weighted by Crippen LogP contribution is -2.44. The van der Waals surface area contributed by atoms with Crippen LogP contribution < -0.4 is 14.8 Å². The van der Waals surface area contributed by atoms with Crippen molar-refractivity contribution in [3.8, 4) is 5.75 Å². The first-order valence-corrected chi connectivity index (χ1v) is 8.38. The van der Waals surface area contributed by atoms with Crippen LogP contribution >= 0.6 is 23.7 Å². The van der Waals surface area contributed by atoms with Crippen LogP contribution in [0.5, 0.6) is 5.75 Å². The van der Waals surface area contributed by atoms with Gasteiger partial charge in [-0.3, -0.25) is 5.14 Å². The Bertz CT molecular complexity index is 446. The summed E-state index contributed by atoms with van der Waals surface area (Å²) in [6.45, 7) is 9.50. The van der Waals surface area contributed by atoms with E-state index in [0.717, 1.165) is 18.8 Å². The molecule has 3 nitrogen and oxygen atoms in total. The molecule has 1 aliphatic heterocycles. The fourth-order valence-electron chi connectivity index (χ4n) is 2.17. The van der Waals surface area contributed by atoms with Crippen LogP contribution in [0.1, 0.15) is 34.1 Å². The van der Waals surface area contributed by atoms with Gasteiger partial charge in [-0.15, -0.1) is 0 Å². The molecular weight excluding hydrogens is 276 g/mol. The van der Waals surface area contributed by atoms with Crippen molar-refractivity contribution in [2.45, 2.75) is 49.3 Å². The summed E-state index contributed by atoms with van der Waals surface area (Å²) in [7, 11) is 0. The fourth-order valence-corrected chi connectivity index (χ4v) is 4.46. The second kappa shape index (κ2) is 5.85. The molecule has 0 aliphatic carbocycles. The van der Waals surface area contributed by atoms with E-state index in [1.807, 2.05) is 0 Å². The number of para-hydroxylation sites is 1. The van der Waals surface area contributed by atoms with Crippen molar-refractivity contribution in [2.75, 3.05) is 11.5 Å². The van der Waals surface area contributed by atoms with Crippen molar-refractivity contribution in [3.63, 3.8) is 0 Å². The van der Waals surface area contributed by atoms with Gasteiger partial charge < -0.3 is 9.64 Å². The zero-order valence-corrected chi connectivity index (χ0v) is 13.6. The van der Waals surface area contributed by atoms with Gasteiger partial charge in [-0.1, -0.05) is 24.8 Å². The van der Waals surface area contributed by atoms with Gasteiger partial charge in [-0.2, -0.15) is 0 Å². The third-order valence-electron chi connectivity index (χ3n) is 2.94. The van der Waals surface area contributed by atoms with Gasteiger partial charge in [0.1, 0.15) is 10.5 Å². The number of thioether (sulfide) groups is 1. The molecule has 0 fully saturated rings. The van der Waals surface area contributed by atoms with E-state index in [0.29, 0.717) is 0 Å². The molecule has 1 atom stereocenters. The van der Waals surface area contributed by atoms with E-state index in [1.165, 1.54) is 22.5 Å². The molecule has 1 aliphatic rings. The lowest BCUT2D eigenvalue weighted by atomic mass is 10.1. The van der Waals surface area contributed by atoms with Crippen LogP contribution in [0.4, 0.5) is 5.69 Å². The van der Waals surface area contributed by atoms with Crippen LogP contribution in [-0.4, -0.2) is 16.9 Å². The Morgan fingerprint density at radius 3 is 2.74 bits per heavy atom. The van der Waals surface area contributed by atoms with Gasteiger partial charge in [0, 0.05) is 10.4 Å². The molecule has 0 radical (unpaired) electrons. The Morgan fingerprint density at radius 1 is 1.42 bits per heavy atom. The Morgan fingerprint density at radius 2 is 2.16 bits per heavy atom. The summed E-state index contributed by atoms with van der Waals surface area (Å²) in [4.78, 5) is 3.62. The summed E-state index contributed by atoms with van der Waals surface area (Å²) in [6.07, 6.45) is 1.02. The molecule has 106 valence electrons. The second-order valence-corrected chi connectivity index (χ2v) is 7.69. The summed E-state index contributed by atoms with van der Waals surface area (Å²) >= 11 is 3.19. The summed E-state index contributed by atoms with van der Waals surface area (Å²) in [6, 6.07) is 6.26. The maximum atomic E-state index is 5.91. The average molecular weight is 298 g/mol.